The lowest BCUT2D eigenvalue weighted by Gasteiger charge is -2.08. The normalized spacial score (nSPS) is 10.6. The minimum Gasteiger partial charge on any atom is -0.365 e. The molecule has 1 heterocycles. The van der Waals surface area contributed by atoms with E-state index < -0.39 is 16.7 Å². The van der Waals surface area contributed by atoms with E-state index in [1.54, 1.807) is 6.07 Å². The van der Waals surface area contributed by atoms with E-state index in [0.717, 1.165) is 10.4 Å². The Morgan fingerprint density at radius 2 is 2.11 bits per heavy atom. The molecule has 0 saturated heterocycles. The first-order chi connectivity index (χ1) is 13.2. The third-order valence-corrected chi connectivity index (χ3v) is 5.05. The Morgan fingerprint density at radius 3 is 2.71 bits per heavy atom. The maximum Gasteiger partial charge on any atom is 0.270 e. The van der Waals surface area contributed by atoms with Crippen LogP contribution in [0.15, 0.2) is 30.3 Å². The van der Waals surface area contributed by atoms with E-state index in [1.807, 2.05) is 13.8 Å². The number of thiophene rings is 1. The van der Waals surface area contributed by atoms with Crippen LogP contribution >= 0.6 is 23.6 Å². The van der Waals surface area contributed by atoms with Gasteiger partial charge in [-0.2, -0.15) is 0 Å². The largest absolute Gasteiger partial charge is 0.365 e. The van der Waals surface area contributed by atoms with Crippen molar-refractivity contribution in [3.63, 3.8) is 0 Å². The van der Waals surface area contributed by atoms with Crippen molar-refractivity contribution < 1.29 is 14.5 Å². The monoisotopic (exact) mass is 418 g/mol. The molecule has 1 aromatic heterocycles. The smallest absolute Gasteiger partial charge is 0.270 e. The Hall–Kier alpha value is -3.11. The zero-order chi connectivity index (χ0) is 20.8. The number of anilines is 1. The molecule has 0 bridgehead atoms. The summed E-state index contributed by atoms with van der Waals surface area (Å²) in [5.74, 6) is -1.09. The van der Waals surface area contributed by atoms with E-state index in [2.05, 4.69) is 10.6 Å². The fourth-order valence-corrected chi connectivity index (χ4v) is 3.98. The van der Waals surface area contributed by atoms with Crippen molar-refractivity contribution in [2.75, 3.05) is 5.32 Å². The summed E-state index contributed by atoms with van der Waals surface area (Å²) in [7, 11) is 0. The maximum absolute atomic E-state index is 12.0. The molecular weight excluding hydrogens is 400 g/mol. The van der Waals surface area contributed by atoms with E-state index in [1.165, 1.54) is 41.7 Å². The van der Waals surface area contributed by atoms with Crippen LogP contribution in [0.4, 0.5) is 10.7 Å². The number of thiocarbonyl (C=S) groups is 1. The highest BCUT2D eigenvalue weighted by molar-refractivity contribution is 7.80. The molecular formula is C18H18N4O4S2. The molecule has 0 aliphatic rings. The number of nitrogens with zero attached hydrogens (tertiary/aromatic N) is 1. The summed E-state index contributed by atoms with van der Waals surface area (Å²) in [6.07, 6.45) is 3.29. The Bertz CT molecular complexity index is 982. The van der Waals surface area contributed by atoms with Gasteiger partial charge in [0.25, 0.3) is 11.6 Å². The Kier molecular flexibility index (Phi) is 6.96. The average Bonchev–Trinajstić information content (AvgIpc) is 2.95. The number of primary amides is 1. The Labute approximate surface area is 170 Å². The van der Waals surface area contributed by atoms with Crippen molar-refractivity contribution >= 4 is 57.2 Å². The summed E-state index contributed by atoms with van der Waals surface area (Å²) >= 11 is 6.45. The van der Waals surface area contributed by atoms with Gasteiger partial charge in [0.15, 0.2) is 5.11 Å². The fraction of sp³-hybridized carbons (Fsp3) is 0.167. The molecule has 4 N–H and O–H groups in total. The lowest BCUT2D eigenvalue weighted by molar-refractivity contribution is -0.384. The lowest BCUT2D eigenvalue weighted by atomic mass is 10.1. The number of carbonyl (C=O) groups excluding carboxylic acids is 2. The third-order valence-electron chi connectivity index (χ3n) is 3.78. The highest BCUT2D eigenvalue weighted by atomic mass is 32.1. The molecule has 146 valence electrons. The van der Waals surface area contributed by atoms with Gasteiger partial charge in [-0.05, 0) is 42.8 Å². The van der Waals surface area contributed by atoms with E-state index in [4.69, 9.17) is 18.0 Å². The van der Waals surface area contributed by atoms with Crippen molar-refractivity contribution in [3.8, 4) is 0 Å². The highest BCUT2D eigenvalue weighted by Gasteiger charge is 2.19. The number of nitrogens with one attached hydrogen (secondary N) is 2. The van der Waals surface area contributed by atoms with Crippen molar-refractivity contribution in [2.24, 2.45) is 5.73 Å². The predicted molar refractivity (Wildman–Crippen MR) is 113 cm³/mol. The maximum atomic E-state index is 12.0. The molecule has 0 fully saturated rings. The summed E-state index contributed by atoms with van der Waals surface area (Å²) in [5, 5.41) is 16.6. The van der Waals surface area contributed by atoms with Gasteiger partial charge in [-0.25, -0.2) is 0 Å². The second-order valence-corrected chi connectivity index (χ2v) is 7.32. The molecule has 28 heavy (non-hydrogen) atoms. The number of nitrogens with two attached hydrogens (primary N) is 1. The Morgan fingerprint density at radius 1 is 1.39 bits per heavy atom. The summed E-state index contributed by atoms with van der Waals surface area (Å²) in [4.78, 5) is 35.0. The number of nitro benzene ring substituents is 1. The van der Waals surface area contributed by atoms with Gasteiger partial charge >= 0.3 is 0 Å². The van der Waals surface area contributed by atoms with Gasteiger partial charge in [0.2, 0.25) is 5.91 Å². The van der Waals surface area contributed by atoms with E-state index >= 15 is 0 Å². The minimum atomic E-state index is -0.566. The number of rotatable bonds is 6. The summed E-state index contributed by atoms with van der Waals surface area (Å²) in [6, 6.07) is 5.87. The number of aryl methyl sites for hydroxylation is 1. The van der Waals surface area contributed by atoms with Crippen molar-refractivity contribution in [1.82, 2.24) is 5.32 Å². The Balaban J connectivity index is 2.06. The van der Waals surface area contributed by atoms with Crippen LogP contribution in [0, 0.1) is 17.0 Å². The molecule has 2 aromatic rings. The van der Waals surface area contributed by atoms with Crippen LogP contribution in [0.1, 0.15) is 33.3 Å². The number of hydrogen-bond acceptors (Lipinski definition) is 6. The quantitative estimate of drug-likeness (QED) is 0.286. The van der Waals surface area contributed by atoms with Gasteiger partial charge in [-0.1, -0.05) is 19.1 Å². The van der Waals surface area contributed by atoms with Gasteiger partial charge in [0, 0.05) is 23.1 Å². The average molecular weight is 419 g/mol. The molecule has 0 spiro atoms. The first kappa shape index (κ1) is 21.2. The number of non-ortho nitro benzene ring substituents is 1. The number of benzene rings is 1. The first-order valence-electron chi connectivity index (χ1n) is 8.19. The molecule has 0 radical (unpaired) electrons. The van der Waals surface area contributed by atoms with Crippen molar-refractivity contribution in [2.45, 2.75) is 20.3 Å². The SMILES string of the molecule is CCc1c(C)sc(NC(=S)NC(=O)/C=C/c2cccc([N+](=O)[O-])c2)c1C(N)=O. The lowest BCUT2D eigenvalue weighted by Crippen LogP contribution is -2.33. The molecule has 2 amide bonds. The number of hydrogen-bond donors (Lipinski definition) is 3. The second kappa shape index (κ2) is 9.20. The summed E-state index contributed by atoms with van der Waals surface area (Å²) in [6.45, 7) is 3.80. The fourth-order valence-electron chi connectivity index (χ4n) is 2.56. The predicted octanol–water partition coefficient (Wildman–Crippen LogP) is 3.15. The summed E-state index contributed by atoms with van der Waals surface area (Å²) in [5.41, 5.74) is 7.11. The van der Waals surface area contributed by atoms with Crippen LogP contribution in [-0.4, -0.2) is 21.9 Å². The van der Waals surface area contributed by atoms with Crippen molar-refractivity contribution in [1.29, 1.82) is 0 Å². The molecule has 8 nitrogen and oxygen atoms in total. The molecule has 10 heteroatoms. The van der Waals surface area contributed by atoms with Gasteiger partial charge in [0.05, 0.1) is 10.5 Å². The molecule has 1 aromatic carbocycles. The second-order valence-electron chi connectivity index (χ2n) is 5.69. The number of amides is 2. The van der Waals surface area contributed by atoms with Gasteiger partial charge < -0.3 is 11.1 Å². The van der Waals surface area contributed by atoms with Gasteiger partial charge in [-0.3, -0.25) is 25.0 Å². The van der Waals surface area contributed by atoms with Gasteiger partial charge in [0.1, 0.15) is 5.00 Å². The zero-order valence-corrected chi connectivity index (χ0v) is 16.8. The third kappa shape index (κ3) is 5.21. The standard InChI is InChI=1S/C18H18N4O4S2/c1-3-13-10(2)28-17(15(13)16(19)24)21-18(27)20-14(23)8-7-11-5-4-6-12(9-11)22(25)26/h4-9H,3H2,1-2H3,(H2,19,24)(H2,20,21,23,27)/b8-7+. The van der Waals surface area contributed by atoms with Crippen LogP contribution in [0.5, 0.6) is 0 Å². The molecule has 2 rings (SSSR count). The zero-order valence-electron chi connectivity index (χ0n) is 15.1. The topological polar surface area (TPSA) is 127 Å². The van der Waals surface area contributed by atoms with Gasteiger partial charge in [-0.15, -0.1) is 11.3 Å². The van der Waals surface area contributed by atoms with Crippen LogP contribution in [-0.2, 0) is 11.2 Å². The molecule has 0 aliphatic carbocycles. The van der Waals surface area contributed by atoms with Crippen LogP contribution < -0.4 is 16.4 Å². The van der Waals surface area contributed by atoms with E-state index in [-0.39, 0.29) is 10.8 Å². The van der Waals surface area contributed by atoms with Crippen LogP contribution in [0.3, 0.4) is 0 Å². The minimum absolute atomic E-state index is 0.0140. The first-order valence-corrected chi connectivity index (χ1v) is 9.42. The van der Waals surface area contributed by atoms with E-state index in [0.29, 0.717) is 22.5 Å². The highest BCUT2D eigenvalue weighted by Crippen LogP contribution is 2.33. The van der Waals surface area contributed by atoms with Crippen LogP contribution in [0.2, 0.25) is 0 Å². The van der Waals surface area contributed by atoms with Crippen LogP contribution in [0.25, 0.3) is 6.08 Å². The molecule has 0 atom stereocenters. The molecule has 0 unspecified atom stereocenters. The van der Waals surface area contributed by atoms with Crippen molar-refractivity contribution in [3.05, 3.63) is 62.0 Å². The number of carbonyl (C=O) groups is 2. The van der Waals surface area contributed by atoms with E-state index in [9.17, 15) is 19.7 Å². The molecule has 0 aliphatic heterocycles. The number of nitro groups is 1. The molecule has 0 saturated carbocycles. The summed E-state index contributed by atoms with van der Waals surface area (Å²) < 4.78 is 0.